The van der Waals surface area contributed by atoms with Crippen molar-refractivity contribution in [3.8, 4) is 0 Å². The summed E-state index contributed by atoms with van der Waals surface area (Å²) in [7, 11) is 4.13. The first-order chi connectivity index (χ1) is 8.56. The van der Waals surface area contributed by atoms with Gasteiger partial charge in [0.25, 0.3) is 0 Å². The Kier molecular flexibility index (Phi) is 4.96. The average Bonchev–Trinajstić information content (AvgIpc) is 2.69. The maximum Gasteiger partial charge on any atom is 0.0531 e. The van der Waals surface area contributed by atoms with E-state index < -0.39 is 0 Å². The highest BCUT2D eigenvalue weighted by molar-refractivity contribution is 7.80. The van der Waals surface area contributed by atoms with Crippen LogP contribution in [0.1, 0.15) is 24.0 Å². The van der Waals surface area contributed by atoms with E-state index >= 15 is 0 Å². The molecular formula is C14H21ClN2S. The molecule has 1 aromatic carbocycles. The Hall–Kier alpha value is -0.220. The van der Waals surface area contributed by atoms with E-state index in [0.29, 0.717) is 5.37 Å². The van der Waals surface area contributed by atoms with Crippen molar-refractivity contribution in [2.45, 2.75) is 31.3 Å². The Morgan fingerprint density at radius 2 is 2.22 bits per heavy atom. The number of likely N-dealkylation sites (tertiary alicyclic amines) is 1. The molecule has 0 aromatic heterocycles. The molecule has 1 saturated heterocycles. The fourth-order valence-corrected chi connectivity index (χ4v) is 2.97. The van der Waals surface area contributed by atoms with Crippen molar-refractivity contribution in [3.63, 3.8) is 0 Å². The summed E-state index contributed by atoms with van der Waals surface area (Å²) in [5.74, 6) is 0. The first-order valence-electron chi connectivity index (χ1n) is 6.40. The SMILES string of the molecule is CN(C)Cc1cc(CN2CCCC2S)ccc1Cl. The van der Waals surface area contributed by atoms with Crippen LogP contribution in [0.4, 0.5) is 0 Å². The second kappa shape index (κ2) is 6.29. The number of nitrogens with zero attached hydrogens (tertiary/aromatic N) is 2. The van der Waals surface area contributed by atoms with E-state index in [0.717, 1.165) is 24.7 Å². The first-order valence-corrected chi connectivity index (χ1v) is 7.30. The number of hydrogen-bond acceptors (Lipinski definition) is 3. The standard InChI is InChI=1S/C14H21ClN2S/c1-16(2)10-12-8-11(5-6-13(12)15)9-17-7-3-4-14(17)18/h5-6,8,14,18H,3-4,7,9-10H2,1-2H3. The van der Waals surface area contributed by atoms with Gasteiger partial charge in [-0.15, -0.1) is 0 Å². The van der Waals surface area contributed by atoms with Crippen LogP contribution >= 0.6 is 24.2 Å². The van der Waals surface area contributed by atoms with Gasteiger partial charge in [-0.05, 0) is 50.7 Å². The molecule has 0 saturated carbocycles. The molecule has 1 aliphatic heterocycles. The Morgan fingerprint density at radius 3 is 2.83 bits per heavy atom. The van der Waals surface area contributed by atoms with Crippen molar-refractivity contribution in [1.82, 2.24) is 9.80 Å². The average molecular weight is 285 g/mol. The lowest BCUT2D eigenvalue weighted by Gasteiger charge is -2.21. The summed E-state index contributed by atoms with van der Waals surface area (Å²) in [5.41, 5.74) is 2.53. The van der Waals surface area contributed by atoms with Crippen LogP contribution < -0.4 is 0 Å². The van der Waals surface area contributed by atoms with Crippen molar-refractivity contribution in [1.29, 1.82) is 0 Å². The summed E-state index contributed by atoms with van der Waals surface area (Å²) in [6.45, 7) is 3.02. The Morgan fingerprint density at radius 1 is 1.44 bits per heavy atom. The monoisotopic (exact) mass is 284 g/mol. The molecule has 1 unspecified atom stereocenters. The minimum atomic E-state index is 0.415. The van der Waals surface area contributed by atoms with Crippen LogP contribution in [0.3, 0.4) is 0 Å². The van der Waals surface area contributed by atoms with Crippen LogP contribution in [-0.2, 0) is 13.1 Å². The molecular weight excluding hydrogens is 264 g/mol. The summed E-state index contributed by atoms with van der Waals surface area (Å²) >= 11 is 10.8. The maximum absolute atomic E-state index is 6.23. The summed E-state index contributed by atoms with van der Waals surface area (Å²) in [6.07, 6.45) is 2.45. The molecule has 0 N–H and O–H groups in total. The maximum atomic E-state index is 6.23. The van der Waals surface area contributed by atoms with E-state index in [9.17, 15) is 0 Å². The highest BCUT2D eigenvalue weighted by Gasteiger charge is 2.21. The third kappa shape index (κ3) is 3.64. The van der Waals surface area contributed by atoms with Gasteiger partial charge in [-0.2, -0.15) is 12.6 Å². The molecule has 0 bridgehead atoms. The van der Waals surface area contributed by atoms with E-state index in [-0.39, 0.29) is 0 Å². The highest BCUT2D eigenvalue weighted by atomic mass is 35.5. The lowest BCUT2D eigenvalue weighted by atomic mass is 10.1. The van der Waals surface area contributed by atoms with Gasteiger partial charge in [0, 0.05) is 18.1 Å². The molecule has 2 rings (SSSR count). The molecule has 1 atom stereocenters. The van der Waals surface area contributed by atoms with E-state index in [4.69, 9.17) is 11.6 Å². The van der Waals surface area contributed by atoms with E-state index in [1.165, 1.54) is 24.0 Å². The number of benzene rings is 1. The van der Waals surface area contributed by atoms with E-state index in [1.807, 2.05) is 6.07 Å². The molecule has 1 aliphatic rings. The number of hydrogen-bond donors (Lipinski definition) is 1. The number of rotatable bonds is 4. The van der Waals surface area contributed by atoms with E-state index in [1.54, 1.807) is 0 Å². The lowest BCUT2D eigenvalue weighted by molar-refractivity contribution is 0.310. The third-order valence-corrected chi connectivity index (χ3v) is 4.27. The molecule has 100 valence electrons. The Balaban J connectivity index is 2.09. The quantitative estimate of drug-likeness (QED) is 0.848. The summed E-state index contributed by atoms with van der Waals surface area (Å²) in [5, 5.41) is 1.27. The van der Waals surface area contributed by atoms with Crippen LogP contribution in [0.5, 0.6) is 0 Å². The van der Waals surface area contributed by atoms with Crippen LogP contribution in [0.2, 0.25) is 5.02 Å². The Bertz CT molecular complexity index is 409. The molecule has 0 spiro atoms. The molecule has 4 heteroatoms. The van der Waals surface area contributed by atoms with Crippen LogP contribution in [0.15, 0.2) is 18.2 Å². The fourth-order valence-electron chi connectivity index (χ4n) is 2.42. The number of halogens is 1. The predicted octanol–water partition coefficient (Wildman–Crippen LogP) is 3.25. The van der Waals surface area contributed by atoms with Crippen molar-refractivity contribution in [3.05, 3.63) is 34.3 Å². The summed E-state index contributed by atoms with van der Waals surface area (Å²) in [6, 6.07) is 6.36. The zero-order valence-corrected chi connectivity index (χ0v) is 12.7. The molecule has 1 fully saturated rings. The van der Waals surface area contributed by atoms with Crippen molar-refractivity contribution in [2.75, 3.05) is 20.6 Å². The largest absolute Gasteiger partial charge is 0.305 e. The van der Waals surface area contributed by atoms with Gasteiger partial charge < -0.3 is 4.90 Å². The molecule has 0 aliphatic carbocycles. The topological polar surface area (TPSA) is 6.48 Å². The minimum Gasteiger partial charge on any atom is -0.305 e. The second-order valence-corrected chi connectivity index (χ2v) is 6.26. The van der Waals surface area contributed by atoms with E-state index in [2.05, 4.69) is 48.7 Å². The molecule has 1 heterocycles. The van der Waals surface area contributed by atoms with Crippen molar-refractivity contribution >= 4 is 24.2 Å². The zero-order chi connectivity index (χ0) is 13.1. The molecule has 1 aromatic rings. The summed E-state index contributed by atoms with van der Waals surface area (Å²) in [4.78, 5) is 4.56. The van der Waals surface area contributed by atoms with Crippen LogP contribution in [-0.4, -0.2) is 35.8 Å². The van der Waals surface area contributed by atoms with Gasteiger partial charge in [-0.3, -0.25) is 4.90 Å². The highest BCUT2D eigenvalue weighted by Crippen LogP contribution is 2.24. The normalized spacial score (nSPS) is 20.8. The van der Waals surface area contributed by atoms with Gasteiger partial charge in [0.1, 0.15) is 0 Å². The second-order valence-electron chi connectivity index (χ2n) is 5.26. The van der Waals surface area contributed by atoms with Gasteiger partial charge in [0.05, 0.1) is 5.37 Å². The minimum absolute atomic E-state index is 0.415. The van der Waals surface area contributed by atoms with Gasteiger partial charge in [0.15, 0.2) is 0 Å². The predicted molar refractivity (Wildman–Crippen MR) is 81.3 cm³/mol. The van der Waals surface area contributed by atoms with Crippen molar-refractivity contribution < 1.29 is 0 Å². The molecule has 18 heavy (non-hydrogen) atoms. The lowest BCUT2D eigenvalue weighted by Crippen LogP contribution is -2.24. The fraction of sp³-hybridized carbons (Fsp3) is 0.571. The van der Waals surface area contributed by atoms with Gasteiger partial charge in [-0.25, -0.2) is 0 Å². The van der Waals surface area contributed by atoms with Crippen molar-refractivity contribution in [2.24, 2.45) is 0 Å². The summed E-state index contributed by atoms with van der Waals surface area (Å²) < 4.78 is 0. The molecule has 0 amide bonds. The third-order valence-electron chi connectivity index (χ3n) is 3.31. The van der Waals surface area contributed by atoms with Crippen LogP contribution in [0, 0.1) is 0 Å². The smallest absolute Gasteiger partial charge is 0.0531 e. The molecule has 2 nitrogen and oxygen atoms in total. The molecule has 0 radical (unpaired) electrons. The first kappa shape index (κ1) is 14.2. The number of thiol groups is 1. The van der Waals surface area contributed by atoms with Crippen LogP contribution in [0.25, 0.3) is 0 Å². The van der Waals surface area contributed by atoms with Gasteiger partial charge >= 0.3 is 0 Å². The Labute approximate surface area is 120 Å². The van der Waals surface area contributed by atoms with Gasteiger partial charge in [0.2, 0.25) is 0 Å². The van der Waals surface area contributed by atoms with Gasteiger partial charge in [-0.1, -0.05) is 23.7 Å². The zero-order valence-electron chi connectivity index (χ0n) is 11.1.